The van der Waals surface area contributed by atoms with E-state index in [-0.39, 0.29) is 37.3 Å². The van der Waals surface area contributed by atoms with Gasteiger partial charge in [-0.1, -0.05) is 12.1 Å². The minimum absolute atomic E-state index is 0.102. The number of likely N-dealkylation sites (tertiary alicyclic amines) is 1. The Morgan fingerprint density at radius 2 is 1.96 bits per heavy atom. The van der Waals surface area contributed by atoms with Crippen molar-refractivity contribution < 1.29 is 29.0 Å². The number of carboxylic acid groups (broad SMARTS) is 1. The molecule has 3 rings (SSSR count). The SMILES string of the molecule is COc1ccccc1N1CC(C(=O)N2CC(OC)CC2CC(=O)O)CC1=O. The third kappa shape index (κ3) is 3.90. The van der Waals surface area contributed by atoms with Gasteiger partial charge in [-0.15, -0.1) is 0 Å². The first-order valence-electron chi connectivity index (χ1n) is 8.93. The lowest BCUT2D eigenvalue weighted by atomic mass is 10.1. The molecule has 2 fully saturated rings. The molecule has 0 aliphatic carbocycles. The Kier molecular flexibility index (Phi) is 5.65. The molecule has 1 aromatic rings. The number of anilines is 1. The van der Waals surface area contributed by atoms with Gasteiger partial charge in [-0.05, 0) is 18.6 Å². The molecule has 8 heteroatoms. The van der Waals surface area contributed by atoms with E-state index < -0.39 is 17.9 Å². The fourth-order valence-corrected chi connectivity index (χ4v) is 3.90. The molecule has 2 aliphatic heterocycles. The van der Waals surface area contributed by atoms with Crippen LogP contribution in [0.4, 0.5) is 5.69 Å². The average Bonchev–Trinajstić information content (AvgIpc) is 3.24. The number of methoxy groups -OCH3 is 2. The first kappa shape index (κ1) is 19.2. The summed E-state index contributed by atoms with van der Waals surface area (Å²) in [4.78, 5) is 39.9. The van der Waals surface area contributed by atoms with Gasteiger partial charge in [-0.3, -0.25) is 14.4 Å². The number of benzene rings is 1. The number of carboxylic acids is 1. The van der Waals surface area contributed by atoms with Crippen LogP contribution in [0.3, 0.4) is 0 Å². The molecule has 27 heavy (non-hydrogen) atoms. The minimum atomic E-state index is -0.951. The fraction of sp³-hybridized carbons (Fsp3) is 0.526. The Balaban J connectivity index is 1.76. The van der Waals surface area contributed by atoms with Crippen molar-refractivity contribution >= 4 is 23.5 Å². The molecule has 1 aromatic carbocycles. The number of amides is 2. The molecule has 8 nitrogen and oxygen atoms in total. The van der Waals surface area contributed by atoms with Crippen molar-refractivity contribution in [1.82, 2.24) is 4.90 Å². The average molecular weight is 376 g/mol. The summed E-state index contributed by atoms with van der Waals surface area (Å²) in [5, 5.41) is 9.13. The lowest BCUT2D eigenvalue weighted by Crippen LogP contribution is -2.42. The molecule has 0 bridgehead atoms. The van der Waals surface area contributed by atoms with E-state index >= 15 is 0 Å². The molecule has 2 saturated heterocycles. The molecule has 0 radical (unpaired) electrons. The van der Waals surface area contributed by atoms with Crippen LogP contribution in [0.5, 0.6) is 5.75 Å². The Bertz CT molecular complexity index is 737. The van der Waals surface area contributed by atoms with Crippen molar-refractivity contribution in [3.05, 3.63) is 24.3 Å². The number of rotatable bonds is 6. The third-order valence-corrected chi connectivity index (χ3v) is 5.25. The highest BCUT2D eigenvalue weighted by Crippen LogP contribution is 2.34. The van der Waals surface area contributed by atoms with E-state index in [2.05, 4.69) is 0 Å². The highest BCUT2D eigenvalue weighted by molar-refractivity contribution is 6.01. The fourth-order valence-electron chi connectivity index (χ4n) is 3.90. The van der Waals surface area contributed by atoms with Crippen LogP contribution >= 0.6 is 0 Å². The van der Waals surface area contributed by atoms with Gasteiger partial charge in [-0.2, -0.15) is 0 Å². The first-order chi connectivity index (χ1) is 12.9. The normalized spacial score (nSPS) is 25.1. The molecular formula is C19H24N2O6. The number of carbonyl (C=O) groups excluding carboxylic acids is 2. The van der Waals surface area contributed by atoms with Gasteiger partial charge in [-0.25, -0.2) is 0 Å². The summed E-state index contributed by atoms with van der Waals surface area (Å²) in [5.74, 6) is -1.22. The Hall–Kier alpha value is -2.61. The van der Waals surface area contributed by atoms with Crippen molar-refractivity contribution in [2.45, 2.75) is 31.4 Å². The molecule has 2 aliphatic rings. The van der Waals surface area contributed by atoms with Crippen molar-refractivity contribution in [3.8, 4) is 5.75 Å². The molecule has 2 heterocycles. The van der Waals surface area contributed by atoms with Crippen molar-refractivity contribution in [1.29, 1.82) is 0 Å². The van der Waals surface area contributed by atoms with Gasteiger partial charge in [0.1, 0.15) is 5.75 Å². The van der Waals surface area contributed by atoms with Gasteiger partial charge in [0.25, 0.3) is 0 Å². The second-order valence-corrected chi connectivity index (χ2v) is 6.91. The van der Waals surface area contributed by atoms with Crippen LogP contribution < -0.4 is 9.64 Å². The molecule has 3 unspecified atom stereocenters. The van der Waals surface area contributed by atoms with Crippen LogP contribution in [0.1, 0.15) is 19.3 Å². The van der Waals surface area contributed by atoms with Crippen LogP contribution in [-0.4, -0.2) is 67.2 Å². The van der Waals surface area contributed by atoms with E-state index in [1.165, 1.54) is 7.11 Å². The van der Waals surface area contributed by atoms with Crippen LogP contribution in [0, 0.1) is 5.92 Å². The lowest BCUT2D eigenvalue weighted by molar-refractivity contribution is -0.141. The number of hydrogen-bond acceptors (Lipinski definition) is 5. The standard InChI is InChI=1S/C19H24N2O6/c1-26-14-8-13(9-18(23)24)20(11-14)19(25)12-7-17(22)21(10-12)15-5-3-4-6-16(15)27-2/h3-6,12-14H,7-11H2,1-2H3,(H,23,24). The van der Waals surface area contributed by atoms with Crippen LogP contribution in [0.25, 0.3) is 0 Å². The predicted molar refractivity (Wildman–Crippen MR) is 96.6 cm³/mol. The third-order valence-electron chi connectivity index (χ3n) is 5.25. The van der Waals surface area contributed by atoms with Crippen LogP contribution in [0.2, 0.25) is 0 Å². The van der Waals surface area contributed by atoms with E-state index in [0.29, 0.717) is 24.4 Å². The van der Waals surface area contributed by atoms with Crippen LogP contribution in [0.15, 0.2) is 24.3 Å². The minimum Gasteiger partial charge on any atom is -0.495 e. The number of para-hydroxylation sites is 2. The Morgan fingerprint density at radius 3 is 2.63 bits per heavy atom. The second-order valence-electron chi connectivity index (χ2n) is 6.91. The largest absolute Gasteiger partial charge is 0.495 e. The maximum Gasteiger partial charge on any atom is 0.305 e. The van der Waals surface area contributed by atoms with Gasteiger partial charge >= 0.3 is 5.97 Å². The first-order valence-corrected chi connectivity index (χ1v) is 8.93. The summed E-state index contributed by atoms with van der Waals surface area (Å²) in [7, 11) is 3.09. The van der Waals surface area contributed by atoms with Gasteiger partial charge < -0.3 is 24.4 Å². The summed E-state index contributed by atoms with van der Waals surface area (Å²) in [6.07, 6.45) is 0.291. The number of ether oxygens (including phenoxy) is 2. The molecular weight excluding hydrogens is 352 g/mol. The maximum absolute atomic E-state index is 13.0. The summed E-state index contributed by atoms with van der Waals surface area (Å²) in [5.41, 5.74) is 0.638. The molecule has 3 atom stereocenters. The lowest BCUT2D eigenvalue weighted by Gasteiger charge is -2.26. The molecule has 2 amide bonds. The number of hydrogen-bond donors (Lipinski definition) is 1. The van der Waals surface area contributed by atoms with Gasteiger partial charge in [0.05, 0.1) is 31.2 Å². The number of carbonyl (C=O) groups is 3. The second kappa shape index (κ2) is 7.96. The topological polar surface area (TPSA) is 96.4 Å². The molecule has 146 valence electrons. The Morgan fingerprint density at radius 1 is 1.22 bits per heavy atom. The van der Waals surface area contributed by atoms with E-state index in [1.54, 1.807) is 29.0 Å². The van der Waals surface area contributed by atoms with E-state index in [1.807, 2.05) is 12.1 Å². The van der Waals surface area contributed by atoms with E-state index in [0.717, 1.165) is 0 Å². The quantitative estimate of drug-likeness (QED) is 0.800. The zero-order chi connectivity index (χ0) is 19.6. The molecule has 0 aromatic heterocycles. The van der Waals surface area contributed by atoms with E-state index in [9.17, 15) is 14.4 Å². The van der Waals surface area contributed by atoms with Gasteiger partial charge in [0.2, 0.25) is 11.8 Å². The predicted octanol–water partition coefficient (Wildman–Crippen LogP) is 1.14. The maximum atomic E-state index is 13.0. The van der Waals surface area contributed by atoms with Crippen molar-refractivity contribution in [3.63, 3.8) is 0 Å². The highest BCUT2D eigenvalue weighted by atomic mass is 16.5. The van der Waals surface area contributed by atoms with Crippen LogP contribution in [-0.2, 0) is 19.1 Å². The highest BCUT2D eigenvalue weighted by Gasteiger charge is 2.43. The zero-order valence-electron chi connectivity index (χ0n) is 15.5. The van der Waals surface area contributed by atoms with E-state index in [4.69, 9.17) is 14.6 Å². The molecule has 1 N–H and O–H groups in total. The summed E-state index contributed by atoms with van der Waals surface area (Å²) in [6, 6.07) is 6.78. The van der Waals surface area contributed by atoms with Crippen molar-refractivity contribution in [2.75, 3.05) is 32.2 Å². The number of aliphatic carboxylic acids is 1. The summed E-state index contributed by atoms with van der Waals surface area (Å²) >= 11 is 0. The summed E-state index contributed by atoms with van der Waals surface area (Å²) < 4.78 is 10.6. The monoisotopic (exact) mass is 376 g/mol. The zero-order valence-corrected chi connectivity index (χ0v) is 15.5. The van der Waals surface area contributed by atoms with Gasteiger partial charge in [0, 0.05) is 32.7 Å². The van der Waals surface area contributed by atoms with Gasteiger partial charge in [0.15, 0.2) is 0 Å². The molecule has 0 spiro atoms. The number of nitrogens with zero attached hydrogens (tertiary/aromatic N) is 2. The smallest absolute Gasteiger partial charge is 0.305 e. The molecule has 0 saturated carbocycles. The Labute approximate surface area is 157 Å². The van der Waals surface area contributed by atoms with Crippen molar-refractivity contribution in [2.24, 2.45) is 5.92 Å². The summed E-state index contributed by atoms with van der Waals surface area (Å²) in [6.45, 7) is 0.610.